The van der Waals surface area contributed by atoms with Gasteiger partial charge in [-0.2, -0.15) is 13.5 Å². The van der Waals surface area contributed by atoms with Crippen molar-refractivity contribution in [2.75, 3.05) is 5.88 Å². The Labute approximate surface area is 81.0 Å². The van der Waals surface area contributed by atoms with Crippen LogP contribution in [0.1, 0.15) is 26.2 Å². The molecule has 0 aromatic rings. The fraction of sp³-hybridized carbons (Fsp3) is 0.714. The molecule has 0 atom stereocenters. The molecule has 0 aliphatic rings. The lowest BCUT2D eigenvalue weighted by Crippen LogP contribution is -1.70. The van der Waals surface area contributed by atoms with Crippen molar-refractivity contribution in [2.24, 2.45) is 0 Å². The number of halogens is 2. The maximum absolute atomic E-state index is 5.38. The standard InChI is InChI=1S/C5H11Cl.C2H3Cl.H2S/c1-2-3-4-5-6;1-2-3;/h2-5H2,1H3;2H,1H2;1H2. The van der Waals surface area contributed by atoms with Gasteiger partial charge < -0.3 is 0 Å². The first-order chi connectivity index (χ1) is 4.33. The zero-order chi connectivity index (χ0) is 7.54. The van der Waals surface area contributed by atoms with Crippen molar-refractivity contribution < 1.29 is 0 Å². The van der Waals surface area contributed by atoms with E-state index in [1.54, 1.807) is 0 Å². The zero-order valence-electron chi connectivity index (χ0n) is 6.37. The minimum absolute atomic E-state index is 0. The highest BCUT2D eigenvalue weighted by Gasteiger charge is 1.76. The van der Waals surface area contributed by atoms with Gasteiger partial charge in [0, 0.05) is 5.88 Å². The van der Waals surface area contributed by atoms with Crippen molar-refractivity contribution in [2.45, 2.75) is 26.2 Å². The van der Waals surface area contributed by atoms with Crippen LogP contribution in [0.5, 0.6) is 0 Å². The summed E-state index contributed by atoms with van der Waals surface area (Å²) < 4.78 is 0. The van der Waals surface area contributed by atoms with E-state index >= 15 is 0 Å². The molecular weight excluding hydrogens is 187 g/mol. The summed E-state index contributed by atoms with van der Waals surface area (Å²) in [5.74, 6) is 0.827. The van der Waals surface area contributed by atoms with Crippen molar-refractivity contribution >= 4 is 36.7 Å². The van der Waals surface area contributed by atoms with E-state index in [1.807, 2.05) is 0 Å². The maximum Gasteiger partial charge on any atom is 0.0223 e. The second-order valence-corrected chi connectivity index (χ2v) is 2.24. The van der Waals surface area contributed by atoms with E-state index in [2.05, 4.69) is 13.5 Å². The van der Waals surface area contributed by atoms with Crippen LogP contribution in [-0.2, 0) is 0 Å². The normalized spacial score (nSPS) is 6.70. The molecule has 0 saturated heterocycles. The molecule has 0 nitrogen and oxygen atoms in total. The van der Waals surface area contributed by atoms with Crippen LogP contribution >= 0.6 is 36.7 Å². The minimum atomic E-state index is 0. The molecule has 0 aromatic carbocycles. The van der Waals surface area contributed by atoms with Gasteiger partial charge in [-0.05, 0) is 12.0 Å². The Morgan fingerprint density at radius 1 is 1.40 bits per heavy atom. The second-order valence-electron chi connectivity index (χ2n) is 1.55. The molecule has 0 unspecified atom stereocenters. The quantitative estimate of drug-likeness (QED) is 0.482. The highest BCUT2D eigenvalue weighted by atomic mass is 35.5. The van der Waals surface area contributed by atoms with Gasteiger partial charge in [0.15, 0.2) is 0 Å². The van der Waals surface area contributed by atoms with E-state index in [0.717, 1.165) is 5.88 Å². The van der Waals surface area contributed by atoms with Crippen molar-refractivity contribution in [1.82, 2.24) is 0 Å². The molecule has 10 heavy (non-hydrogen) atoms. The number of alkyl halides is 1. The predicted octanol–water partition coefficient (Wildman–Crippen LogP) is 3.90. The van der Waals surface area contributed by atoms with Gasteiger partial charge in [-0.1, -0.05) is 37.9 Å². The zero-order valence-corrected chi connectivity index (χ0v) is 8.88. The van der Waals surface area contributed by atoms with Gasteiger partial charge >= 0.3 is 0 Å². The van der Waals surface area contributed by atoms with E-state index in [4.69, 9.17) is 23.2 Å². The number of unbranched alkanes of at least 4 members (excludes halogenated alkanes) is 2. The van der Waals surface area contributed by atoms with Gasteiger partial charge in [-0.3, -0.25) is 0 Å². The van der Waals surface area contributed by atoms with Crippen molar-refractivity contribution in [1.29, 1.82) is 0 Å². The van der Waals surface area contributed by atoms with Crippen LogP contribution in [0.4, 0.5) is 0 Å². The Hall–Kier alpha value is 0.670. The molecule has 0 rings (SSSR count). The summed E-state index contributed by atoms with van der Waals surface area (Å²) in [6.45, 7) is 5.30. The Kier molecular flexibility index (Phi) is 38.3. The Morgan fingerprint density at radius 2 is 1.80 bits per heavy atom. The third-order valence-corrected chi connectivity index (χ3v) is 1.00. The molecule has 0 aromatic heterocycles. The summed E-state index contributed by atoms with van der Waals surface area (Å²) >= 11 is 10.1. The number of hydrogen-bond donors (Lipinski definition) is 0. The van der Waals surface area contributed by atoms with Crippen LogP contribution in [0.3, 0.4) is 0 Å². The Morgan fingerprint density at radius 3 is 1.90 bits per heavy atom. The van der Waals surface area contributed by atoms with E-state index in [1.165, 1.54) is 24.8 Å². The summed E-state index contributed by atoms with van der Waals surface area (Å²) in [7, 11) is 0. The number of rotatable bonds is 3. The lowest BCUT2D eigenvalue weighted by Gasteiger charge is -1.84. The van der Waals surface area contributed by atoms with E-state index in [0.29, 0.717) is 0 Å². The van der Waals surface area contributed by atoms with Gasteiger partial charge in [-0.25, -0.2) is 0 Å². The molecule has 0 aliphatic heterocycles. The fourth-order valence-electron chi connectivity index (χ4n) is 0.344. The summed E-state index contributed by atoms with van der Waals surface area (Å²) in [6.07, 6.45) is 3.73. The molecule has 0 spiro atoms. The molecular formula is C7H16Cl2S. The van der Waals surface area contributed by atoms with Crippen LogP contribution in [0.2, 0.25) is 0 Å². The number of hydrogen-bond acceptors (Lipinski definition) is 0. The third-order valence-electron chi connectivity index (χ3n) is 0.737. The van der Waals surface area contributed by atoms with Crippen molar-refractivity contribution in [3.05, 3.63) is 12.1 Å². The fourth-order valence-corrected chi connectivity index (χ4v) is 0.533. The van der Waals surface area contributed by atoms with E-state index < -0.39 is 0 Å². The van der Waals surface area contributed by atoms with Crippen LogP contribution in [-0.4, -0.2) is 5.88 Å². The van der Waals surface area contributed by atoms with Gasteiger partial charge in [-0.15, -0.1) is 11.6 Å². The third kappa shape index (κ3) is 37.9. The topological polar surface area (TPSA) is 0 Å². The summed E-state index contributed by atoms with van der Waals surface area (Å²) in [5, 5.41) is 0. The van der Waals surface area contributed by atoms with E-state index in [-0.39, 0.29) is 13.5 Å². The second kappa shape index (κ2) is 22.6. The van der Waals surface area contributed by atoms with Gasteiger partial charge in [0.2, 0.25) is 0 Å². The molecule has 0 N–H and O–H groups in total. The molecule has 0 bridgehead atoms. The smallest absolute Gasteiger partial charge is 0.0223 e. The predicted molar refractivity (Wildman–Crippen MR) is 56.7 cm³/mol. The monoisotopic (exact) mass is 202 g/mol. The SMILES string of the molecule is C=CCl.CCCCCCl.S. The summed E-state index contributed by atoms with van der Waals surface area (Å²) in [4.78, 5) is 0. The summed E-state index contributed by atoms with van der Waals surface area (Å²) in [6, 6.07) is 0. The maximum atomic E-state index is 5.38. The Bertz CT molecular complexity index is 44.9. The molecule has 0 fully saturated rings. The molecule has 3 heteroatoms. The minimum Gasteiger partial charge on any atom is -0.197 e. The summed E-state index contributed by atoms with van der Waals surface area (Å²) in [5.41, 5.74) is 1.22. The van der Waals surface area contributed by atoms with Gasteiger partial charge in [0.25, 0.3) is 0 Å². The highest BCUT2D eigenvalue weighted by molar-refractivity contribution is 7.59. The largest absolute Gasteiger partial charge is 0.197 e. The van der Waals surface area contributed by atoms with Crippen LogP contribution < -0.4 is 0 Å². The Balaban J connectivity index is -0.000000107. The average molecular weight is 203 g/mol. The molecule has 0 saturated carbocycles. The molecule has 64 valence electrons. The highest BCUT2D eigenvalue weighted by Crippen LogP contribution is 1.93. The van der Waals surface area contributed by atoms with Crippen LogP contribution in [0.25, 0.3) is 0 Å². The van der Waals surface area contributed by atoms with Crippen molar-refractivity contribution in [3.63, 3.8) is 0 Å². The molecule has 0 amide bonds. The first-order valence-electron chi connectivity index (χ1n) is 3.10. The lowest BCUT2D eigenvalue weighted by atomic mass is 10.3. The first-order valence-corrected chi connectivity index (χ1v) is 4.07. The van der Waals surface area contributed by atoms with Crippen molar-refractivity contribution in [3.8, 4) is 0 Å². The van der Waals surface area contributed by atoms with E-state index in [9.17, 15) is 0 Å². The lowest BCUT2D eigenvalue weighted by molar-refractivity contribution is 0.776. The average Bonchev–Trinajstić information content (AvgIpc) is 1.86. The first kappa shape index (κ1) is 17.0. The van der Waals surface area contributed by atoms with Gasteiger partial charge in [0.05, 0.1) is 0 Å². The van der Waals surface area contributed by atoms with Gasteiger partial charge in [0.1, 0.15) is 0 Å². The van der Waals surface area contributed by atoms with Crippen LogP contribution in [0.15, 0.2) is 12.1 Å². The molecule has 0 radical (unpaired) electrons. The molecule has 0 heterocycles. The van der Waals surface area contributed by atoms with Crippen LogP contribution in [0, 0.1) is 0 Å². The molecule has 0 aliphatic carbocycles.